The van der Waals surface area contributed by atoms with Gasteiger partial charge in [0.15, 0.2) is 0 Å². The number of fused-ring (bicyclic) bond motifs is 14. The molecule has 10 aromatic rings. The van der Waals surface area contributed by atoms with Crippen LogP contribution in [0.15, 0.2) is 200 Å². The third kappa shape index (κ3) is 4.62. The average Bonchev–Trinajstić information content (AvgIpc) is 4.12. The van der Waals surface area contributed by atoms with E-state index >= 15 is 0 Å². The summed E-state index contributed by atoms with van der Waals surface area (Å²) >= 11 is 1.95. The van der Waals surface area contributed by atoms with Crippen LogP contribution in [0.5, 0.6) is 0 Å². The van der Waals surface area contributed by atoms with Crippen molar-refractivity contribution in [2.24, 2.45) is 0 Å². The van der Waals surface area contributed by atoms with E-state index in [2.05, 4.69) is 210 Å². The van der Waals surface area contributed by atoms with Crippen molar-refractivity contribution in [2.45, 2.75) is 24.3 Å². The van der Waals surface area contributed by atoms with E-state index in [-0.39, 0.29) is 11.5 Å². The van der Waals surface area contributed by atoms with E-state index < -0.39 is 0 Å². The molecule has 0 saturated carbocycles. The Hall–Kier alpha value is -6.94. The minimum Gasteiger partial charge on any atom is -0.338 e. The van der Waals surface area contributed by atoms with Gasteiger partial charge in [-0.3, -0.25) is 0 Å². The van der Waals surface area contributed by atoms with E-state index in [1.54, 1.807) is 0 Å². The van der Waals surface area contributed by atoms with Crippen molar-refractivity contribution in [1.29, 1.82) is 0 Å². The van der Waals surface area contributed by atoms with Crippen molar-refractivity contribution in [3.8, 4) is 27.9 Å². The lowest BCUT2D eigenvalue weighted by Gasteiger charge is -2.34. The first-order chi connectivity index (χ1) is 29.3. The molecule has 3 aliphatic carbocycles. The van der Waals surface area contributed by atoms with Gasteiger partial charge in [0.2, 0.25) is 0 Å². The molecule has 0 fully saturated rings. The standard InChI is InChI=1S/C56H38N2S/c1-2-16-39(17-3-1)58-52-25-13-9-21-47(52)55-53(58)35-54(59-55)38-27-29-41(33-38)57(40-28-26-36-14-4-5-15-37(36)32-40)42-30-31-46-45-20-8-12-24-50(45)56(51(46)34-42)48-22-10-6-18-43(48)44-19-7-11-23-49(44)56/h1-28,30-32,34-35,41H,29,33H2. The monoisotopic (exact) mass is 770 g/mol. The van der Waals surface area contributed by atoms with Gasteiger partial charge >= 0.3 is 0 Å². The number of thiophene rings is 1. The summed E-state index contributed by atoms with van der Waals surface area (Å²) in [5, 5.41) is 3.85. The Morgan fingerprint density at radius 3 is 1.83 bits per heavy atom. The Kier molecular flexibility index (Phi) is 7.02. The average molecular weight is 771 g/mol. The SMILES string of the molecule is C1=C(c2cc3c(s2)c2ccccc2n3-c2ccccc2)CC(N(c2ccc3c(c2)C2(c4ccccc4-c4ccccc42)c2ccccc2-3)c2ccc3ccccc3c2)C1. The van der Waals surface area contributed by atoms with E-state index in [1.165, 1.54) is 104 Å². The van der Waals surface area contributed by atoms with Gasteiger partial charge in [-0.2, -0.15) is 0 Å². The second-order valence-electron chi connectivity index (χ2n) is 16.4. The van der Waals surface area contributed by atoms with Crippen molar-refractivity contribution in [3.63, 3.8) is 0 Å². The number of nitrogens with zero attached hydrogens (tertiary/aromatic N) is 2. The molecule has 1 spiro atoms. The highest BCUT2D eigenvalue weighted by molar-refractivity contribution is 7.21. The fourth-order valence-corrected chi connectivity index (χ4v) is 12.2. The van der Waals surface area contributed by atoms with Gasteiger partial charge < -0.3 is 9.47 Å². The Morgan fingerprint density at radius 1 is 0.492 bits per heavy atom. The summed E-state index contributed by atoms with van der Waals surface area (Å²) in [6.07, 6.45) is 4.46. The van der Waals surface area contributed by atoms with E-state index in [1.807, 2.05) is 11.3 Å². The van der Waals surface area contributed by atoms with Gasteiger partial charge in [-0.15, -0.1) is 11.3 Å². The Morgan fingerprint density at radius 2 is 1.08 bits per heavy atom. The molecule has 0 aliphatic heterocycles. The summed E-state index contributed by atoms with van der Waals surface area (Å²) in [6, 6.07) is 72.9. The number of anilines is 2. The van der Waals surface area contributed by atoms with Crippen LogP contribution in [0.25, 0.3) is 65.4 Å². The lowest BCUT2D eigenvalue weighted by molar-refractivity contribution is 0.705. The molecule has 8 aromatic carbocycles. The van der Waals surface area contributed by atoms with Gasteiger partial charge in [-0.1, -0.05) is 152 Å². The van der Waals surface area contributed by atoms with Crippen molar-refractivity contribution >= 4 is 60.2 Å². The molecule has 0 saturated heterocycles. The third-order valence-corrected chi connectivity index (χ3v) is 14.6. The van der Waals surface area contributed by atoms with E-state index in [9.17, 15) is 0 Å². The topological polar surface area (TPSA) is 8.17 Å². The molecule has 0 amide bonds. The lowest BCUT2D eigenvalue weighted by atomic mass is 9.70. The molecule has 2 aromatic heterocycles. The first-order valence-electron chi connectivity index (χ1n) is 20.8. The number of rotatable bonds is 5. The number of aromatic nitrogens is 1. The summed E-state index contributed by atoms with van der Waals surface area (Å²) < 4.78 is 3.80. The second kappa shape index (κ2) is 12.5. The van der Waals surface area contributed by atoms with Gasteiger partial charge in [0, 0.05) is 33.4 Å². The zero-order valence-electron chi connectivity index (χ0n) is 32.3. The molecular weight excluding hydrogens is 733 g/mol. The summed E-state index contributed by atoms with van der Waals surface area (Å²) in [4.78, 5) is 4.03. The Bertz CT molecular complexity index is 3300. The van der Waals surface area contributed by atoms with E-state index in [0.717, 1.165) is 12.8 Å². The van der Waals surface area contributed by atoms with Crippen LogP contribution in [0.4, 0.5) is 11.4 Å². The quantitative estimate of drug-likeness (QED) is 0.169. The number of hydrogen-bond acceptors (Lipinski definition) is 2. The maximum absolute atomic E-state index is 2.66. The molecule has 3 aliphatic rings. The second-order valence-corrected chi connectivity index (χ2v) is 17.4. The van der Waals surface area contributed by atoms with Crippen molar-refractivity contribution in [1.82, 2.24) is 4.57 Å². The number of para-hydroxylation sites is 2. The van der Waals surface area contributed by atoms with Crippen LogP contribution in [0.2, 0.25) is 0 Å². The highest BCUT2D eigenvalue weighted by atomic mass is 32.1. The highest BCUT2D eigenvalue weighted by Crippen LogP contribution is 2.63. The molecule has 3 heteroatoms. The van der Waals surface area contributed by atoms with Gasteiger partial charge in [0.1, 0.15) is 0 Å². The van der Waals surface area contributed by atoms with Crippen LogP contribution in [0.3, 0.4) is 0 Å². The first-order valence-corrected chi connectivity index (χ1v) is 21.6. The molecule has 0 bridgehead atoms. The molecule has 0 N–H and O–H groups in total. The van der Waals surface area contributed by atoms with Crippen LogP contribution >= 0.6 is 11.3 Å². The van der Waals surface area contributed by atoms with E-state index in [0.29, 0.717) is 0 Å². The summed E-state index contributed by atoms with van der Waals surface area (Å²) in [5.41, 5.74) is 18.1. The number of benzene rings is 8. The third-order valence-electron chi connectivity index (χ3n) is 13.4. The normalized spacial score (nSPS) is 15.7. The number of hydrogen-bond donors (Lipinski definition) is 0. The van der Waals surface area contributed by atoms with Crippen molar-refractivity contribution < 1.29 is 0 Å². The summed E-state index contributed by atoms with van der Waals surface area (Å²) in [5.74, 6) is 0. The maximum atomic E-state index is 2.66. The zero-order valence-corrected chi connectivity index (χ0v) is 33.2. The maximum Gasteiger partial charge on any atom is 0.0726 e. The minimum absolute atomic E-state index is 0.251. The smallest absolute Gasteiger partial charge is 0.0726 e. The molecule has 1 unspecified atom stereocenters. The van der Waals surface area contributed by atoms with E-state index in [4.69, 9.17) is 0 Å². The fourth-order valence-electron chi connectivity index (χ4n) is 11.0. The molecular formula is C56H38N2S. The predicted octanol–water partition coefficient (Wildman–Crippen LogP) is 14.7. The van der Waals surface area contributed by atoms with Gasteiger partial charge in [0.25, 0.3) is 0 Å². The molecule has 0 radical (unpaired) electrons. The van der Waals surface area contributed by atoms with Crippen molar-refractivity contribution in [2.75, 3.05) is 4.90 Å². The van der Waals surface area contributed by atoms with Crippen molar-refractivity contribution in [3.05, 3.63) is 227 Å². The van der Waals surface area contributed by atoms with Gasteiger partial charge in [-0.25, -0.2) is 0 Å². The van der Waals surface area contributed by atoms with Crippen LogP contribution in [-0.2, 0) is 5.41 Å². The van der Waals surface area contributed by atoms with Gasteiger partial charge in [0.05, 0.1) is 21.1 Å². The zero-order chi connectivity index (χ0) is 38.7. The molecule has 2 nitrogen and oxygen atoms in total. The molecule has 59 heavy (non-hydrogen) atoms. The molecule has 278 valence electrons. The molecule has 13 rings (SSSR count). The molecule has 1 atom stereocenters. The Labute approximate surface area is 347 Å². The summed E-state index contributed by atoms with van der Waals surface area (Å²) in [6.45, 7) is 0. The summed E-state index contributed by atoms with van der Waals surface area (Å²) in [7, 11) is 0. The fraction of sp³-hybridized carbons (Fsp3) is 0.0714. The minimum atomic E-state index is -0.387. The van der Waals surface area contributed by atoms with Crippen LogP contribution in [0.1, 0.15) is 40.0 Å². The largest absolute Gasteiger partial charge is 0.338 e. The Balaban J connectivity index is 0.967. The van der Waals surface area contributed by atoms with Crippen LogP contribution in [-0.4, -0.2) is 10.6 Å². The lowest BCUT2D eigenvalue weighted by Crippen LogP contribution is -2.30. The first kappa shape index (κ1) is 33.1. The highest BCUT2D eigenvalue weighted by Gasteiger charge is 2.51. The molecule has 2 heterocycles. The predicted molar refractivity (Wildman–Crippen MR) is 248 cm³/mol. The van der Waals surface area contributed by atoms with Gasteiger partial charge in [-0.05, 0) is 122 Å². The van der Waals surface area contributed by atoms with Crippen LogP contribution < -0.4 is 4.90 Å². The van der Waals surface area contributed by atoms with Crippen LogP contribution in [0, 0.1) is 0 Å².